The largest absolute Gasteiger partial charge is 0.497 e. The summed E-state index contributed by atoms with van der Waals surface area (Å²) in [6.07, 6.45) is 0. The summed E-state index contributed by atoms with van der Waals surface area (Å²) in [5, 5.41) is 4.08. The maximum absolute atomic E-state index is 12.0. The van der Waals surface area contributed by atoms with E-state index < -0.39 is 0 Å². The molecule has 0 amide bonds. The van der Waals surface area contributed by atoms with Crippen LogP contribution in [-0.4, -0.2) is 30.2 Å². The highest BCUT2D eigenvalue weighted by molar-refractivity contribution is 7.16. The van der Waals surface area contributed by atoms with Crippen LogP contribution in [0.1, 0.15) is 26.5 Å². The van der Waals surface area contributed by atoms with Gasteiger partial charge in [0.25, 0.3) is 0 Å². The number of thiazole rings is 1. The summed E-state index contributed by atoms with van der Waals surface area (Å²) in [5.74, 6) is 0.437. The molecule has 0 saturated carbocycles. The van der Waals surface area contributed by atoms with E-state index in [1.54, 1.807) is 18.4 Å². The Kier molecular flexibility index (Phi) is 4.99. The summed E-state index contributed by atoms with van der Waals surface area (Å²) in [6, 6.07) is 7.68. The van der Waals surface area contributed by atoms with Crippen molar-refractivity contribution in [1.29, 1.82) is 0 Å². The Labute approximate surface area is 156 Å². The van der Waals surface area contributed by atoms with Crippen molar-refractivity contribution in [3.8, 4) is 17.1 Å². The lowest BCUT2D eigenvalue weighted by Crippen LogP contribution is -2.03. The number of aryl methyl sites for hydroxylation is 2. The van der Waals surface area contributed by atoms with Gasteiger partial charge in [-0.1, -0.05) is 6.07 Å². The number of nitrogens with one attached hydrogen (secondary N) is 2. The molecule has 2 N–H and O–H groups in total. The molecule has 0 radical (unpaired) electrons. The van der Waals surface area contributed by atoms with E-state index >= 15 is 0 Å². The summed E-state index contributed by atoms with van der Waals surface area (Å²) >= 11 is 1.56. The first-order valence-electron chi connectivity index (χ1n) is 8.11. The van der Waals surface area contributed by atoms with Gasteiger partial charge in [-0.05, 0) is 38.5 Å². The van der Waals surface area contributed by atoms with Crippen LogP contribution in [0.4, 0.5) is 10.8 Å². The number of aromatic amines is 1. The average Bonchev–Trinajstić information content (AvgIpc) is 3.13. The Bertz CT molecular complexity index is 959. The standard InChI is InChI=1S/C19H21N3O3S/c1-10-15(18(23)25-5)11(2)20-16(10)17-12(3)26-19(22-17)21-13-7-6-8-14(9-13)24-4/h6-9,20H,1-5H3,(H,21,22). The number of methoxy groups -OCH3 is 2. The minimum atomic E-state index is -0.342. The normalized spacial score (nSPS) is 10.7. The molecular formula is C19H21N3O3S. The van der Waals surface area contributed by atoms with Crippen molar-refractivity contribution in [1.82, 2.24) is 9.97 Å². The van der Waals surface area contributed by atoms with Gasteiger partial charge in [0.1, 0.15) is 11.4 Å². The first-order chi connectivity index (χ1) is 12.4. The van der Waals surface area contributed by atoms with Crippen LogP contribution in [0.2, 0.25) is 0 Å². The molecule has 2 heterocycles. The van der Waals surface area contributed by atoms with Crippen molar-refractivity contribution in [3.63, 3.8) is 0 Å². The molecule has 6 nitrogen and oxygen atoms in total. The fraction of sp³-hybridized carbons (Fsp3) is 0.263. The number of carbonyl (C=O) groups is 1. The minimum Gasteiger partial charge on any atom is -0.497 e. The molecule has 7 heteroatoms. The van der Waals surface area contributed by atoms with Crippen LogP contribution in [0.3, 0.4) is 0 Å². The Hall–Kier alpha value is -2.80. The second kappa shape index (κ2) is 7.21. The van der Waals surface area contributed by atoms with Crippen LogP contribution in [-0.2, 0) is 4.74 Å². The maximum Gasteiger partial charge on any atom is 0.339 e. The van der Waals surface area contributed by atoms with Crippen molar-refractivity contribution < 1.29 is 14.3 Å². The second-order valence-electron chi connectivity index (χ2n) is 5.90. The van der Waals surface area contributed by atoms with Gasteiger partial charge in [-0.15, -0.1) is 11.3 Å². The van der Waals surface area contributed by atoms with Crippen molar-refractivity contribution in [2.75, 3.05) is 19.5 Å². The molecule has 3 aromatic rings. The summed E-state index contributed by atoms with van der Waals surface area (Å²) in [7, 11) is 3.03. The SMILES string of the molecule is COC(=O)c1c(C)[nH]c(-c2nc(Nc3cccc(OC)c3)sc2C)c1C. The van der Waals surface area contributed by atoms with E-state index in [4.69, 9.17) is 14.5 Å². The molecule has 0 atom stereocenters. The molecule has 0 bridgehead atoms. The fourth-order valence-electron chi connectivity index (χ4n) is 2.90. The van der Waals surface area contributed by atoms with Gasteiger partial charge >= 0.3 is 5.97 Å². The third kappa shape index (κ3) is 3.30. The van der Waals surface area contributed by atoms with Gasteiger partial charge in [-0.25, -0.2) is 9.78 Å². The maximum atomic E-state index is 12.0. The number of esters is 1. The number of carbonyl (C=O) groups excluding carboxylic acids is 1. The van der Waals surface area contributed by atoms with E-state index in [1.165, 1.54) is 7.11 Å². The number of hydrogen-bond acceptors (Lipinski definition) is 6. The second-order valence-corrected chi connectivity index (χ2v) is 7.10. The summed E-state index contributed by atoms with van der Waals surface area (Å²) in [6.45, 7) is 5.77. The quantitative estimate of drug-likeness (QED) is 0.641. The fourth-order valence-corrected chi connectivity index (χ4v) is 3.74. The number of aromatic nitrogens is 2. The first kappa shape index (κ1) is 18.0. The van der Waals surface area contributed by atoms with Crippen LogP contribution in [0.25, 0.3) is 11.4 Å². The zero-order valence-corrected chi connectivity index (χ0v) is 16.2. The Morgan fingerprint density at radius 2 is 2.00 bits per heavy atom. The van der Waals surface area contributed by atoms with E-state index in [2.05, 4.69) is 10.3 Å². The molecule has 2 aromatic heterocycles. The molecule has 0 aliphatic heterocycles. The van der Waals surface area contributed by atoms with E-state index in [9.17, 15) is 4.79 Å². The highest BCUT2D eigenvalue weighted by atomic mass is 32.1. The molecule has 1 aromatic carbocycles. The monoisotopic (exact) mass is 371 g/mol. The molecule has 0 spiro atoms. The van der Waals surface area contributed by atoms with Crippen LogP contribution in [0.15, 0.2) is 24.3 Å². The Balaban J connectivity index is 1.95. The molecule has 0 aliphatic carbocycles. The number of nitrogens with zero attached hydrogens (tertiary/aromatic N) is 1. The molecule has 26 heavy (non-hydrogen) atoms. The number of anilines is 2. The lowest BCUT2D eigenvalue weighted by atomic mass is 10.1. The van der Waals surface area contributed by atoms with Crippen molar-refractivity contribution in [2.24, 2.45) is 0 Å². The van der Waals surface area contributed by atoms with Crippen LogP contribution in [0.5, 0.6) is 5.75 Å². The highest BCUT2D eigenvalue weighted by Crippen LogP contribution is 2.35. The molecule has 0 unspecified atom stereocenters. The number of benzene rings is 1. The smallest absolute Gasteiger partial charge is 0.339 e. The molecule has 0 aliphatic rings. The van der Waals surface area contributed by atoms with Gasteiger partial charge in [0.15, 0.2) is 5.13 Å². The van der Waals surface area contributed by atoms with Gasteiger partial charge in [-0.2, -0.15) is 0 Å². The minimum absolute atomic E-state index is 0.342. The lowest BCUT2D eigenvalue weighted by Gasteiger charge is -2.04. The van der Waals surface area contributed by atoms with Gasteiger partial charge in [-0.3, -0.25) is 0 Å². The summed E-state index contributed by atoms with van der Waals surface area (Å²) in [4.78, 5) is 21.0. The molecular weight excluding hydrogens is 350 g/mol. The Morgan fingerprint density at radius 3 is 2.69 bits per heavy atom. The lowest BCUT2D eigenvalue weighted by molar-refractivity contribution is 0.0599. The van der Waals surface area contributed by atoms with Crippen molar-refractivity contribution >= 4 is 28.1 Å². The van der Waals surface area contributed by atoms with Crippen LogP contribution >= 0.6 is 11.3 Å². The van der Waals surface area contributed by atoms with Crippen LogP contribution < -0.4 is 10.1 Å². The molecule has 0 saturated heterocycles. The van der Waals surface area contributed by atoms with Gasteiger partial charge < -0.3 is 19.8 Å². The summed E-state index contributed by atoms with van der Waals surface area (Å²) in [5.41, 5.74) is 4.76. The molecule has 0 fully saturated rings. The van der Waals surface area contributed by atoms with E-state index in [0.717, 1.165) is 44.1 Å². The first-order valence-corrected chi connectivity index (χ1v) is 8.92. The van der Waals surface area contributed by atoms with E-state index in [1.807, 2.05) is 45.0 Å². The van der Waals surface area contributed by atoms with Crippen molar-refractivity contribution in [3.05, 3.63) is 46.0 Å². The van der Waals surface area contributed by atoms with E-state index in [0.29, 0.717) is 5.56 Å². The topological polar surface area (TPSA) is 76.2 Å². The van der Waals surface area contributed by atoms with Gasteiger partial charge in [0.05, 0.1) is 25.5 Å². The number of H-pyrrole nitrogens is 1. The van der Waals surface area contributed by atoms with Gasteiger partial charge in [0.2, 0.25) is 0 Å². The molecule has 3 rings (SSSR count). The third-order valence-corrected chi connectivity index (χ3v) is 5.07. The number of hydrogen-bond donors (Lipinski definition) is 2. The predicted octanol–water partition coefficient (Wildman–Crippen LogP) is 4.60. The van der Waals surface area contributed by atoms with Crippen LogP contribution in [0, 0.1) is 20.8 Å². The zero-order valence-electron chi connectivity index (χ0n) is 15.4. The number of ether oxygens (including phenoxy) is 2. The Morgan fingerprint density at radius 1 is 1.23 bits per heavy atom. The highest BCUT2D eigenvalue weighted by Gasteiger charge is 2.22. The van der Waals surface area contributed by atoms with Gasteiger partial charge in [0, 0.05) is 22.3 Å². The van der Waals surface area contributed by atoms with Crippen molar-refractivity contribution in [2.45, 2.75) is 20.8 Å². The molecule has 136 valence electrons. The third-order valence-electron chi connectivity index (χ3n) is 4.18. The number of rotatable bonds is 5. The zero-order chi connectivity index (χ0) is 18.8. The summed E-state index contributed by atoms with van der Waals surface area (Å²) < 4.78 is 10.1. The average molecular weight is 371 g/mol. The van der Waals surface area contributed by atoms with E-state index in [-0.39, 0.29) is 5.97 Å². The predicted molar refractivity (Wildman–Crippen MR) is 104 cm³/mol.